The smallest absolute Gasteiger partial charge is 0.329 e. The standard InChI is InChI=1S/C21H31NO4/c1-13(2)16-8-10-21(11-9-16,20(24)25)22-19(23)15(4)17-7-6-14(3)12-18(17)26-5/h6-7,12-13,15-16H,8-11H2,1-5H3,(H,22,23)(H,24,25). The zero-order chi connectivity index (χ0) is 19.5. The van der Waals surface area contributed by atoms with Gasteiger partial charge in [0.15, 0.2) is 0 Å². The maximum Gasteiger partial charge on any atom is 0.329 e. The first kappa shape index (κ1) is 20.3. The summed E-state index contributed by atoms with van der Waals surface area (Å²) in [6, 6.07) is 5.70. The summed E-state index contributed by atoms with van der Waals surface area (Å²) in [4.78, 5) is 24.8. The van der Waals surface area contributed by atoms with Gasteiger partial charge in [0.1, 0.15) is 11.3 Å². The van der Waals surface area contributed by atoms with Crippen molar-refractivity contribution in [2.24, 2.45) is 11.8 Å². The summed E-state index contributed by atoms with van der Waals surface area (Å²) in [6.07, 6.45) is 2.61. The van der Waals surface area contributed by atoms with E-state index in [0.717, 1.165) is 24.0 Å². The van der Waals surface area contributed by atoms with E-state index >= 15 is 0 Å². The van der Waals surface area contributed by atoms with Crippen LogP contribution in [0.4, 0.5) is 0 Å². The second kappa shape index (κ2) is 8.11. The average molecular weight is 361 g/mol. The van der Waals surface area contributed by atoms with E-state index in [1.165, 1.54) is 0 Å². The Morgan fingerprint density at radius 1 is 1.23 bits per heavy atom. The van der Waals surface area contributed by atoms with E-state index in [9.17, 15) is 14.7 Å². The molecule has 1 aliphatic carbocycles. The van der Waals surface area contributed by atoms with Crippen LogP contribution in [0.15, 0.2) is 18.2 Å². The zero-order valence-corrected chi connectivity index (χ0v) is 16.5. The van der Waals surface area contributed by atoms with Crippen molar-refractivity contribution in [2.45, 2.75) is 64.8 Å². The van der Waals surface area contributed by atoms with Crippen LogP contribution in [-0.2, 0) is 9.59 Å². The topological polar surface area (TPSA) is 75.6 Å². The van der Waals surface area contributed by atoms with Crippen molar-refractivity contribution in [1.82, 2.24) is 5.32 Å². The van der Waals surface area contributed by atoms with E-state index in [2.05, 4.69) is 19.2 Å². The van der Waals surface area contributed by atoms with Crippen LogP contribution in [-0.4, -0.2) is 29.6 Å². The molecule has 0 heterocycles. The minimum atomic E-state index is -1.16. The summed E-state index contributed by atoms with van der Waals surface area (Å²) in [5.74, 6) is 0.0287. The molecular weight excluding hydrogens is 330 g/mol. The Morgan fingerprint density at radius 2 is 1.85 bits per heavy atom. The molecule has 1 aromatic rings. The third-order valence-corrected chi connectivity index (χ3v) is 5.85. The van der Waals surface area contributed by atoms with E-state index in [1.54, 1.807) is 14.0 Å². The van der Waals surface area contributed by atoms with Gasteiger partial charge in [-0.1, -0.05) is 26.0 Å². The third kappa shape index (κ3) is 4.19. The molecule has 0 radical (unpaired) electrons. The number of carboxylic acids is 1. The molecule has 1 aromatic carbocycles. The third-order valence-electron chi connectivity index (χ3n) is 5.85. The summed E-state index contributed by atoms with van der Waals surface area (Å²) < 4.78 is 5.40. The lowest BCUT2D eigenvalue weighted by Crippen LogP contribution is -2.57. The second-order valence-electron chi connectivity index (χ2n) is 7.93. The fraction of sp³-hybridized carbons (Fsp3) is 0.619. The first-order chi connectivity index (χ1) is 12.2. The Kier molecular flexibility index (Phi) is 6.32. The summed E-state index contributed by atoms with van der Waals surface area (Å²) >= 11 is 0. The molecule has 5 nitrogen and oxygen atoms in total. The average Bonchev–Trinajstić information content (AvgIpc) is 2.61. The fourth-order valence-electron chi connectivity index (χ4n) is 3.85. The Hall–Kier alpha value is -2.04. The normalized spacial score (nSPS) is 24.2. The first-order valence-corrected chi connectivity index (χ1v) is 9.40. The van der Waals surface area contributed by atoms with E-state index in [4.69, 9.17) is 4.74 Å². The molecule has 26 heavy (non-hydrogen) atoms. The van der Waals surface area contributed by atoms with Gasteiger partial charge in [-0.2, -0.15) is 0 Å². The van der Waals surface area contributed by atoms with E-state index in [1.807, 2.05) is 25.1 Å². The number of hydrogen-bond donors (Lipinski definition) is 2. The highest BCUT2D eigenvalue weighted by Crippen LogP contribution is 2.37. The Bertz CT molecular complexity index is 660. The van der Waals surface area contributed by atoms with Gasteiger partial charge in [0.25, 0.3) is 0 Å². The molecule has 1 saturated carbocycles. The Morgan fingerprint density at radius 3 is 2.35 bits per heavy atom. The van der Waals surface area contributed by atoms with E-state index < -0.39 is 17.4 Å². The van der Waals surface area contributed by atoms with Crippen molar-refractivity contribution in [2.75, 3.05) is 7.11 Å². The lowest BCUT2D eigenvalue weighted by molar-refractivity contribution is -0.150. The lowest BCUT2D eigenvalue weighted by atomic mass is 9.72. The van der Waals surface area contributed by atoms with Crippen LogP contribution < -0.4 is 10.1 Å². The van der Waals surface area contributed by atoms with Crippen LogP contribution in [0.3, 0.4) is 0 Å². The van der Waals surface area contributed by atoms with Crippen LogP contribution in [0, 0.1) is 18.8 Å². The van der Waals surface area contributed by atoms with Crippen LogP contribution in [0.25, 0.3) is 0 Å². The summed E-state index contributed by atoms with van der Waals surface area (Å²) in [5.41, 5.74) is 0.661. The van der Waals surface area contributed by atoms with Gasteiger partial charge in [0, 0.05) is 5.56 Å². The van der Waals surface area contributed by atoms with Gasteiger partial charge in [0.2, 0.25) is 5.91 Å². The number of nitrogens with one attached hydrogen (secondary N) is 1. The molecule has 1 aliphatic rings. The maximum atomic E-state index is 12.9. The number of hydrogen-bond acceptors (Lipinski definition) is 3. The van der Waals surface area contributed by atoms with Crippen molar-refractivity contribution in [1.29, 1.82) is 0 Å². The summed E-state index contributed by atoms with van der Waals surface area (Å²) in [6.45, 7) is 8.09. The molecule has 0 aliphatic heterocycles. The number of carbonyl (C=O) groups is 2. The van der Waals surface area contributed by atoms with Gasteiger partial charge in [-0.25, -0.2) is 4.79 Å². The number of rotatable bonds is 6. The molecule has 1 atom stereocenters. The summed E-state index contributed by atoms with van der Waals surface area (Å²) in [5, 5.41) is 12.7. The molecule has 0 bridgehead atoms. The minimum absolute atomic E-state index is 0.266. The van der Waals surface area contributed by atoms with Crippen molar-refractivity contribution < 1.29 is 19.4 Å². The number of carbonyl (C=O) groups excluding carboxylic acids is 1. The van der Waals surface area contributed by atoms with Crippen LogP contribution in [0.1, 0.15) is 63.5 Å². The highest BCUT2D eigenvalue weighted by Gasteiger charge is 2.44. The second-order valence-corrected chi connectivity index (χ2v) is 7.93. The number of ether oxygens (including phenoxy) is 1. The van der Waals surface area contributed by atoms with Crippen LogP contribution in [0.5, 0.6) is 5.75 Å². The van der Waals surface area contributed by atoms with Gasteiger partial charge in [-0.15, -0.1) is 0 Å². The number of aryl methyl sites for hydroxylation is 1. The quantitative estimate of drug-likeness (QED) is 0.806. The van der Waals surface area contributed by atoms with Gasteiger partial charge in [-0.05, 0) is 63.0 Å². The molecule has 0 saturated heterocycles. The predicted molar refractivity (Wildman–Crippen MR) is 101 cm³/mol. The van der Waals surface area contributed by atoms with Crippen molar-refractivity contribution >= 4 is 11.9 Å². The molecule has 144 valence electrons. The highest BCUT2D eigenvalue weighted by molar-refractivity contribution is 5.90. The monoisotopic (exact) mass is 361 g/mol. The van der Waals surface area contributed by atoms with E-state index in [0.29, 0.717) is 30.4 Å². The molecule has 0 spiro atoms. The molecule has 0 aromatic heterocycles. The molecule has 1 amide bonds. The summed E-state index contributed by atoms with van der Waals surface area (Å²) in [7, 11) is 1.58. The van der Waals surface area contributed by atoms with Gasteiger partial charge >= 0.3 is 5.97 Å². The molecule has 2 N–H and O–H groups in total. The SMILES string of the molecule is COc1cc(C)ccc1C(C)C(=O)NC1(C(=O)O)CCC(C(C)C)CC1. The van der Waals surface area contributed by atoms with E-state index in [-0.39, 0.29) is 5.91 Å². The molecule has 1 unspecified atom stereocenters. The Labute approximate surface area is 156 Å². The van der Waals surface area contributed by atoms with Crippen molar-refractivity contribution in [3.63, 3.8) is 0 Å². The molecular formula is C21H31NO4. The van der Waals surface area contributed by atoms with Gasteiger partial charge in [0.05, 0.1) is 13.0 Å². The fourth-order valence-corrected chi connectivity index (χ4v) is 3.85. The molecule has 5 heteroatoms. The van der Waals surface area contributed by atoms with Crippen molar-refractivity contribution in [3.05, 3.63) is 29.3 Å². The predicted octanol–water partition coefficient (Wildman–Crippen LogP) is 3.89. The van der Waals surface area contributed by atoms with Crippen molar-refractivity contribution in [3.8, 4) is 5.75 Å². The number of carboxylic acid groups (broad SMARTS) is 1. The van der Waals surface area contributed by atoms with Crippen LogP contribution >= 0.6 is 0 Å². The minimum Gasteiger partial charge on any atom is -0.496 e. The molecule has 2 rings (SSSR count). The number of methoxy groups -OCH3 is 1. The first-order valence-electron chi connectivity index (χ1n) is 9.40. The number of benzene rings is 1. The lowest BCUT2D eigenvalue weighted by Gasteiger charge is -2.39. The Balaban J connectivity index is 2.17. The molecule has 1 fully saturated rings. The zero-order valence-electron chi connectivity index (χ0n) is 16.5. The van der Waals surface area contributed by atoms with Gasteiger partial charge < -0.3 is 15.2 Å². The highest BCUT2D eigenvalue weighted by atomic mass is 16.5. The van der Waals surface area contributed by atoms with Crippen LogP contribution in [0.2, 0.25) is 0 Å². The van der Waals surface area contributed by atoms with Gasteiger partial charge in [-0.3, -0.25) is 4.79 Å². The largest absolute Gasteiger partial charge is 0.496 e. The number of aliphatic carboxylic acids is 1. The number of amides is 1. The maximum absolute atomic E-state index is 12.9.